The van der Waals surface area contributed by atoms with E-state index in [1.54, 1.807) is 0 Å². The van der Waals surface area contributed by atoms with E-state index in [2.05, 4.69) is 26.1 Å². The number of rotatable bonds is 7. The minimum Gasteiger partial charge on any atom is -0.375 e. The minimum absolute atomic E-state index is 0.442. The van der Waals surface area contributed by atoms with Crippen molar-refractivity contribution >= 4 is 0 Å². The van der Waals surface area contributed by atoms with Crippen molar-refractivity contribution in [3.05, 3.63) is 0 Å². The molecule has 2 aliphatic rings. The Bertz CT molecular complexity index is 271. The highest BCUT2D eigenvalue weighted by Gasteiger charge is 2.55. The van der Waals surface area contributed by atoms with Crippen molar-refractivity contribution < 1.29 is 4.74 Å². The molecule has 0 aromatic rings. The Balaban J connectivity index is 1.97. The summed E-state index contributed by atoms with van der Waals surface area (Å²) in [5.74, 6) is 0. The predicted molar refractivity (Wildman–Crippen MR) is 86.1 cm³/mol. The molecule has 1 spiro atoms. The van der Waals surface area contributed by atoms with Gasteiger partial charge in [-0.2, -0.15) is 0 Å². The van der Waals surface area contributed by atoms with Crippen molar-refractivity contribution in [3.8, 4) is 0 Å². The third-order valence-electron chi connectivity index (χ3n) is 5.55. The van der Waals surface area contributed by atoms with Crippen LogP contribution in [0.2, 0.25) is 0 Å². The maximum absolute atomic E-state index is 6.45. The first kappa shape index (κ1) is 16.3. The topological polar surface area (TPSA) is 21.3 Å². The Morgan fingerprint density at radius 3 is 2.40 bits per heavy atom. The highest BCUT2D eigenvalue weighted by molar-refractivity contribution is 5.08. The van der Waals surface area contributed by atoms with Gasteiger partial charge < -0.3 is 10.1 Å². The maximum atomic E-state index is 6.45. The molecule has 3 unspecified atom stereocenters. The van der Waals surface area contributed by atoms with E-state index in [4.69, 9.17) is 4.74 Å². The summed E-state index contributed by atoms with van der Waals surface area (Å²) in [5, 5.41) is 3.81. The van der Waals surface area contributed by atoms with Gasteiger partial charge in [0, 0.05) is 11.5 Å². The molecule has 0 heterocycles. The predicted octanol–water partition coefficient (Wildman–Crippen LogP) is 4.67. The van der Waals surface area contributed by atoms with Crippen LogP contribution < -0.4 is 5.32 Å². The van der Waals surface area contributed by atoms with Gasteiger partial charge in [0.1, 0.15) is 0 Å². The molecule has 2 saturated carbocycles. The van der Waals surface area contributed by atoms with Gasteiger partial charge in [0.15, 0.2) is 0 Å². The molecule has 3 atom stereocenters. The van der Waals surface area contributed by atoms with Gasteiger partial charge >= 0.3 is 0 Å². The van der Waals surface area contributed by atoms with E-state index in [0.29, 0.717) is 17.6 Å². The Kier molecular flexibility index (Phi) is 6.35. The van der Waals surface area contributed by atoms with Crippen LogP contribution >= 0.6 is 0 Å². The van der Waals surface area contributed by atoms with Crippen LogP contribution in [0.1, 0.15) is 85.0 Å². The zero-order valence-corrected chi connectivity index (χ0v) is 13.9. The van der Waals surface area contributed by atoms with E-state index < -0.39 is 0 Å². The summed E-state index contributed by atoms with van der Waals surface area (Å²) >= 11 is 0. The Labute approximate surface area is 126 Å². The molecule has 0 bridgehead atoms. The Morgan fingerprint density at radius 1 is 1.10 bits per heavy atom. The van der Waals surface area contributed by atoms with Crippen molar-refractivity contribution in [2.75, 3.05) is 6.54 Å². The van der Waals surface area contributed by atoms with Crippen LogP contribution in [-0.2, 0) is 4.74 Å². The minimum atomic E-state index is 0.442. The lowest BCUT2D eigenvalue weighted by Crippen LogP contribution is -2.64. The summed E-state index contributed by atoms with van der Waals surface area (Å²) < 4.78 is 6.45. The summed E-state index contributed by atoms with van der Waals surface area (Å²) in [4.78, 5) is 0. The summed E-state index contributed by atoms with van der Waals surface area (Å²) in [7, 11) is 0. The molecule has 0 aromatic heterocycles. The van der Waals surface area contributed by atoms with Crippen LogP contribution in [0, 0.1) is 5.41 Å². The lowest BCUT2D eigenvalue weighted by molar-refractivity contribution is -0.166. The average Bonchev–Trinajstić information content (AvgIpc) is 2.70. The molecule has 1 N–H and O–H groups in total. The largest absolute Gasteiger partial charge is 0.375 e. The van der Waals surface area contributed by atoms with Crippen molar-refractivity contribution in [3.63, 3.8) is 0 Å². The highest BCUT2D eigenvalue weighted by atomic mass is 16.5. The van der Waals surface area contributed by atoms with Gasteiger partial charge in [-0.15, -0.1) is 0 Å². The summed E-state index contributed by atoms with van der Waals surface area (Å²) in [5.41, 5.74) is 0.466. The molecule has 0 aliphatic heterocycles. The molecule has 2 fully saturated rings. The lowest BCUT2D eigenvalue weighted by Gasteiger charge is -2.57. The number of hydrogen-bond donors (Lipinski definition) is 1. The second-order valence-corrected chi connectivity index (χ2v) is 7.11. The van der Waals surface area contributed by atoms with E-state index in [1.165, 1.54) is 70.8 Å². The lowest BCUT2D eigenvalue weighted by atomic mass is 9.57. The van der Waals surface area contributed by atoms with Crippen LogP contribution in [0.15, 0.2) is 0 Å². The van der Waals surface area contributed by atoms with Gasteiger partial charge in [-0.1, -0.05) is 46.0 Å². The SMILES string of the molecule is CCCNC1CC(OC(C)CCC)C12CCCCCC2. The van der Waals surface area contributed by atoms with Gasteiger partial charge in [-0.05, 0) is 45.6 Å². The number of ether oxygens (including phenoxy) is 1. The summed E-state index contributed by atoms with van der Waals surface area (Å²) in [6, 6.07) is 0.722. The molecule has 2 rings (SSSR count). The fourth-order valence-electron chi connectivity index (χ4n) is 4.36. The first-order valence-electron chi connectivity index (χ1n) is 9.11. The number of hydrogen-bond acceptors (Lipinski definition) is 2. The van der Waals surface area contributed by atoms with Crippen LogP contribution in [-0.4, -0.2) is 24.8 Å². The molecule has 2 aliphatic carbocycles. The quantitative estimate of drug-likeness (QED) is 0.732. The normalized spacial score (nSPS) is 30.8. The summed E-state index contributed by atoms with van der Waals surface area (Å²) in [6.07, 6.45) is 14.3. The standard InChI is InChI=1S/C18H35NO/c1-4-10-15(3)20-17-14-16(19-13-5-2)18(17)11-8-6-7-9-12-18/h15-17,19H,4-14H2,1-3H3. The van der Waals surface area contributed by atoms with Gasteiger partial charge in [0.05, 0.1) is 12.2 Å². The molecule has 0 radical (unpaired) electrons. The molecule has 20 heavy (non-hydrogen) atoms. The van der Waals surface area contributed by atoms with E-state index in [9.17, 15) is 0 Å². The van der Waals surface area contributed by atoms with Crippen LogP contribution in [0.3, 0.4) is 0 Å². The maximum Gasteiger partial charge on any atom is 0.0664 e. The van der Waals surface area contributed by atoms with Gasteiger partial charge in [-0.25, -0.2) is 0 Å². The van der Waals surface area contributed by atoms with Gasteiger partial charge in [0.2, 0.25) is 0 Å². The molecule has 2 heteroatoms. The fraction of sp³-hybridized carbons (Fsp3) is 1.00. The molecule has 0 aromatic carbocycles. The second-order valence-electron chi connectivity index (χ2n) is 7.11. The Morgan fingerprint density at radius 2 is 1.80 bits per heavy atom. The third-order valence-corrected chi connectivity index (χ3v) is 5.55. The fourth-order valence-corrected chi connectivity index (χ4v) is 4.36. The molecule has 2 nitrogen and oxygen atoms in total. The molecule has 118 valence electrons. The molecular formula is C18H35NO. The zero-order valence-electron chi connectivity index (χ0n) is 13.9. The van der Waals surface area contributed by atoms with E-state index in [1.807, 2.05) is 0 Å². The van der Waals surface area contributed by atoms with Crippen molar-refractivity contribution in [2.45, 2.75) is 103 Å². The zero-order chi connectivity index (χ0) is 14.4. The third kappa shape index (κ3) is 3.57. The van der Waals surface area contributed by atoms with E-state index in [0.717, 1.165) is 6.04 Å². The van der Waals surface area contributed by atoms with Crippen LogP contribution in [0.25, 0.3) is 0 Å². The second kappa shape index (κ2) is 7.79. The summed E-state index contributed by atoms with van der Waals surface area (Å²) in [6.45, 7) is 7.96. The Hall–Kier alpha value is -0.0800. The smallest absolute Gasteiger partial charge is 0.0664 e. The van der Waals surface area contributed by atoms with Crippen molar-refractivity contribution in [1.29, 1.82) is 0 Å². The van der Waals surface area contributed by atoms with Crippen molar-refractivity contribution in [1.82, 2.24) is 5.32 Å². The first-order chi connectivity index (χ1) is 9.73. The highest BCUT2D eigenvalue weighted by Crippen LogP contribution is 2.52. The van der Waals surface area contributed by atoms with Crippen molar-refractivity contribution in [2.24, 2.45) is 5.41 Å². The van der Waals surface area contributed by atoms with E-state index in [-0.39, 0.29) is 0 Å². The monoisotopic (exact) mass is 281 g/mol. The van der Waals surface area contributed by atoms with E-state index >= 15 is 0 Å². The number of nitrogens with one attached hydrogen (secondary N) is 1. The van der Waals surface area contributed by atoms with Crippen LogP contribution in [0.5, 0.6) is 0 Å². The molecule has 0 saturated heterocycles. The average molecular weight is 281 g/mol. The molecule has 0 amide bonds. The van der Waals surface area contributed by atoms with Gasteiger partial charge in [0.25, 0.3) is 0 Å². The first-order valence-corrected chi connectivity index (χ1v) is 9.11. The van der Waals surface area contributed by atoms with Crippen LogP contribution in [0.4, 0.5) is 0 Å². The van der Waals surface area contributed by atoms with Gasteiger partial charge in [-0.3, -0.25) is 0 Å². The molecular weight excluding hydrogens is 246 g/mol.